The van der Waals surface area contributed by atoms with Crippen LogP contribution in [-0.2, 0) is 4.79 Å². The number of hydrogen-bond acceptors (Lipinski definition) is 4. The molecule has 0 unspecified atom stereocenters. The normalized spacial score (nSPS) is 17.4. The van der Waals surface area contributed by atoms with E-state index in [1.165, 1.54) is 6.07 Å². The molecule has 1 fully saturated rings. The summed E-state index contributed by atoms with van der Waals surface area (Å²) in [4.78, 5) is 24.0. The van der Waals surface area contributed by atoms with Crippen LogP contribution >= 0.6 is 11.6 Å². The first kappa shape index (κ1) is 16.9. The van der Waals surface area contributed by atoms with Crippen LogP contribution in [0.3, 0.4) is 0 Å². The lowest BCUT2D eigenvalue weighted by atomic mass is 9.96. The molecule has 0 radical (unpaired) electrons. The molecule has 0 amide bonds. The standard InChI is InChI=1S/C21H17ClO4/c22-16-10-15-14(13-6-2-1-3-7-13)11-21(24)26-19(15)12-20(16)25-18-9-5-4-8-17(18)23/h1-3,6-7,10-12,18H,4-5,8-9H2/t18-/m0/s1. The number of benzene rings is 2. The second-order valence-electron chi connectivity index (χ2n) is 6.44. The Hall–Kier alpha value is -2.59. The van der Waals surface area contributed by atoms with Crippen LogP contribution in [-0.4, -0.2) is 11.9 Å². The molecule has 5 heteroatoms. The van der Waals surface area contributed by atoms with Crippen molar-refractivity contribution in [3.05, 3.63) is 64.0 Å². The molecule has 1 saturated carbocycles. The third-order valence-corrected chi connectivity index (χ3v) is 4.95. The first-order valence-corrected chi connectivity index (χ1v) is 9.02. The van der Waals surface area contributed by atoms with Crippen molar-refractivity contribution in [2.75, 3.05) is 0 Å². The third-order valence-electron chi connectivity index (χ3n) is 4.65. The molecule has 4 rings (SSSR count). The molecular weight excluding hydrogens is 352 g/mol. The van der Waals surface area contributed by atoms with E-state index >= 15 is 0 Å². The Morgan fingerprint density at radius 3 is 2.62 bits per heavy atom. The van der Waals surface area contributed by atoms with Crippen LogP contribution in [0.1, 0.15) is 25.7 Å². The molecule has 0 N–H and O–H groups in total. The van der Waals surface area contributed by atoms with Crippen LogP contribution in [0.4, 0.5) is 0 Å². The maximum Gasteiger partial charge on any atom is 0.336 e. The van der Waals surface area contributed by atoms with Gasteiger partial charge in [0.2, 0.25) is 0 Å². The summed E-state index contributed by atoms with van der Waals surface area (Å²) in [6.07, 6.45) is 2.58. The van der Waals surface area contributed by atoms with Gasteiger partial charge >= 0.3 is 5.63 Å². The summed E-state index contributed by atoms with van der Waals surface area (Å²) in [5, 5.41) is 1.12. The second-order valence-corrected chi connectivity index (χ2v) is 6.85. The predicted octanol–water partition coefficient (Wildman–Crippen LogP) is 5.00. The Morgan fingerprint density at radius 1 is 1.04 bits per heavy atom. The van der Waals surface area contributed by atoms with Gasteiger partial charge in [-0.15, -0.1) is 0 Å². The van der Waals surface area contributed by atoms with E-state index in [0.29, 0.717) is 29.2 Å². The van der Waals surface area contributed by atoms with Gasteiger partial charge in [-0.1, -0.05) is 41.9 Å². The maximum atomic E-state index is 12.0. The summed E-state index contributed by atoms with van der Waals surface area (Å²) in [5.41, 5.74) is 1.59. The number of Topliss-reactive ketones (excluding diaryl/α,β-unsaturated/α-hetero) is 1. The summed E-state index contributed by atoms with van der Waals surface area (Å²) in [6.45, 7) is 0. The van der Waals surface area contributed by atoms with E-state index in [1.54, 1.807) is 12.1 Å². The smallest absolute Gasteiger partial charge is 0.336 e. The number of halogens is 1. The number of rotatable bonds is 3. The highest BCUT2D eigenvalue weighted by atomic mass is 35.5. The van der Waals surface area contributed by atoms with Crippen molar-refractivity contribution in [2.45, 2.75) is 31.8 Å². The second kappa shape index (κ2) is 6.96. The lowest BCUT2D eigenvalue weighted by molar-refractivity contribution is -0.127. The number of hydrogen-bond donors (Lipinski definition) is 0. The van der Waals surface area contributed by atoms with Crippen molar-refractivity contribution in [3.8, 4) is 16.9 Å². The summed E-state index contributed by atoms with van der Waals surface area (Å²) in [5.74, 6) is 0.458. The van der Waals surface area contributed by atoms with Gasteiger partial charge in [0, 0.05) is 23.9 Å². The van der Waals surface area contributed by atoms with E-state index < -0.39 is 11.7 Å². The fourth-order valence-electron chi connectivity index (χ4n) is 3.34. The molecule has 2 aromatic carbocycles. The van der Waals surface area contributed by atoms with Crippen molar-refractivity contribution in [2.24, 2.45) is 0 Å². The fourth-order valence-corrected chi connectivity index (χ4v) is 3.55. The van der Waals surface area contributed by atoms with Gasteiger partial charge in [-0.3, -0.25) is 4.79 Å². The molecule has 0 bridgehead atoms. The van der Waals surface area contributed by atoms with Gasteiger partial charge in [0.25, 0.3) is 0 Å². The SMILES string of the molecule is O=C1CCCC[C@@H]1Oc1cc2oc(=O)cc(-c3ccccc3)c2cc1Cl. The molecule has 1 atom stereocenters. The predicted molar refractivity (Wildman–Crippen MR) is 101 cm³/mol. The Labute approximate surface area is 155 Å². The topological polar surface area (TPSA) is 56.5 Å². The molecule has 0 aliphatic heterocycles. The van der Waals surface area contributed by atoms with Crippen molar-refractivity contribution in [3.63, 3.8) is 0 Å². The highest BCUT2D eigenvalue weighted by Gasteiger charge is 2.25. The highest BCUT2D eigenvalue weighted by Crippen LogP contribution is 2.36. The Kier molecular flexibility index (Phi) is 4.51. The summed E-state index contributed by atoms with van der Waals surface area (Å²) < 4.78 is 11.2. The largest absolute Gasteiger partial charge is 0.481 e. The Bertz CT molecular complexity index is 1020. The molecule has 132 valence electrons. The zero-order valence-corrected chi connectivity index (χ0v) is 14.8. The third kappa shape index (κ3) is 3.25. The zero-order valence-electron chi connectivity index (χ0n) is 14.0. The average Bonchev–Trinajstić information content (AvgIpc) is 2.65. The quantitative estimate of drug-likeness (QED) is 0.610. The van der Waals surface area contributed by atoms with Crippen molar-refractivity contribution >= 4 is 28.4 Å². The van der Waals surface area contributed by atoms with Gasteiger partial charge in [0.15, 0.2) is 11.9 Å². The minimum absolute atomic E-state index is 0.0897. The summed E-state index contributed by atoms with van der Waals surface area (Å²) in [7, 11) is 0. The molecule has 0 saturated heterocycles. The van der Waals surface area contributed by atoms with Gasteiger partial charge in [-0.2, -0.15) is 0 Å². The van der Waals surface area contributed by atoms with E-state index in [2.05, 4.69) is 0 Å². The minimum atomic E-state index is -0.484. The van der Waals surface area contributed by atoms with Crippen LogP contribution in [0.25, 0.3) is 22.1 Å². The molecule has 3 aromatic rings. The highest BCUT2D eigenvalue weighted by molar-refractivity contribution is 6.33. The number of carbonyl (C=O) groups is 1. The van der Waals surface area contributed by atoms with E-state index in [-0.39, 0.29) is 5.78 Å². The van der Waals surface area contributed by atoms with Crippen LogP contribution in [0.15, 0.2) is 57.7 Å². The molecule has 1 aliphatic carbocycles. The zero-order chi connectivity index (χ0) is 18.1. The van der Waals surface area contributed by atoms with E-state index in [0.717, 1.165) is 29.4 Å². The Morgan fingerprint density at radius 2 is 1.85 bits per heavy atom. The maximum absolute atomic E-state index is 12.0. The van der Waals surface area contributed by atoms with Gasteiger partial charge < -0.3 is 9.15 Å². The first-order chi connectivity index (χ1) is 12.6. The minimum Gasteiger partial charge on any atom is -0.481 e. The van der Waals surface area contributed by atoms with Gasteiger partial charge in [-0.05, 0) is 36.5 Å². The fraction of sp³-hybridized carbons (Fsp3) is 0.238. The van der Waals surface area contributed by atoms with Crippen LogP contribution in [0.2, 0.25) is 5.02 Å². The summed E-state index contributed by atoms with van der Waals surface area (Å²) >= 11 is 6.41. The number of fused-ring (bicyclic) bond motifs is 1. The number of ether oxygens (including phenoxy) is 1. The number of ketones is 1. The molecule has 1 heterocycles. The molecule has 1 aromatic heterocycles. The van der Waals surface area contributed by atoms with Gasteiger partial charge in [0.1, 0.15) is 11.3 Å². The summed E-state index contributed by atoms with van der Waals surface area (Å²) in [6, 6.07) is 14.4. The van der Waals surface area contributed by atoms with Crippen molar-refractivity contribution in [1.82, 2.24) is 0 Å². The van der Waals surface area contributed by atoms with E-state index in [1.807, 2.05) is 30.3 Å². The van der Waals surface area contributed by atoms with E-state index in [4.69, 9.17) is 20.8 Å². The number of carbonyl (C=O) groups excluding carboxylic acids is 1. The van der Waals surface area contributed by atoms with Crippen LogP contribution < -0.4 is 10.4 Å². The monoisotopic (exact) mass is 368 g/mol. The van der Waals surface area contributed by atoms with Crippen molar-refractivity contribution < 1.29 is 13.9 Å². The lowest BCUT2D eigenvalue weighted by Crippen LogP contribution is -2.30. The first-order valence-electron chi connectivity index (χ1n) is 8.64. The van der Waals surface area contributed by atoms with Gasteiger partial charge in [-0.25, -0.2) is 4.79 Å². The van der Waals surface area contributed by atoms with Crippen molar-refractivity contribution in [1.29, 1.82) is 0 Å². The molecule has 1 aliphatic rings. The lowest BCUT2D eigenvalue weighted by Gasteiger charge is -2.22. The molecule has 0 spiro atoms. The molecular formula is C21H17ClO4. The molecule has 26 heavy (non-hydrogen) atoms. The van der Waals surface area contributed by atoms with Crippen LogP contribution in [0, 0.1) is 0 Å². The van der Waals surface area contributed by atoms with Crippen LogP contribution in [0.5, 0.6) is 5.75 Å². The molecule has 4 nitrogen and oxygen atoms in total. The van der Waals surface area contributed by atoms with E-state index in [9.17, 15) is 9.59 Å². The van der Waals surface area contributed by atoms with Gasteiger partial charge in [0.05, 0.1) is 5.02 Å². The Balaban J connectivity index is 1.80. The average molecular weight is 369 g/mol.